The molecule has 9 nitrogen and oxygen atoms in total. The van der Waals surface area contributed by atoms with Gasteiger partial charge in [-0.25, -0.2) is 4.98 Å². The van der Waals surface area contributed by atoms with Crippen molar-refractivity contribution < 1.29 is 14.5 Å². The molecular formula is C25H29N5O4. The normalized spacial score (nSPS) is 12.6. The minimum atomic E-state index is -0.641. The largest absolute Gasteiger partial charge is 0.384 e. The van der Waals surface area contributed by atoms with Crippen LogP contribution >= 0.6 is 0 Å². The lowest BCUT2D eigenvalue weighted by Gasteiger charge is -2.20. The van der Waals surface area contributed by atoms with Gasteiger partial charge in [0.1, 0.15) is 12.0 Å². The molecule has 0 saturated heterocycles. The number of nitrogen functional groups attached to an aromatic ring is 1. The first-order chi connectivity index (χ1) is 16.4. The second-order valence-corrected chi connectivity index (χ2v) is 8.00. The summed E-state index contributed by atoms with van der Waals surface area (Å²) in [7, 11) is 0. The maximum absolute atomic E-state index is 12.5. The second kappa shape index (κ2) is 12.4. The van der Waals surface area contributed by atoms with Gasteiger partial charge in [0.05, 0.1) is 6.61 Å². The number of ether oxygens (including phenoxy) is 1. The Labute approximate surface area is 198 Å². The molecule has 0 aliphatic carbocycles. The van der Waals surface area contributed by atoms with Crippen molar-refractivity contribution in [2.75, 3.05) is 11.1 Å². The van der Waals surface area contributed by atoms with E-state index in [4.69, 9.17) is 10.5 Å². The fraction of sp³-hybridized carbons (Fsp3) is 0.280. The number of carbonyl (C=O) groups excluding carboxylic acids is 1. The van der Waals surface area contributed by atoms with Gasteiger partial charge in [0.2, 0.25) is 6.04 Å². The predicted octanol–water partition coefficient (Wildman–Crippen LogP) is 3.99. The smallest absolute Gasteiger partial charge is 0.255 e. The lowest BCUT2D eigenvalue weighted by molar-refractivity contribution is -0.519. The Morgan fingerprint density at radius 3 is 2.50 bits per heavy atom. The quantitative estimate of drug-likeness (QED) is 0.210. The van der Waals surface area contributed by atoms with E-state index in [1.807, 2.05) is 42.5 Å². The van der Waals surface area contributed by atoms with Crippen LogP contribution < -0.4 is 16.4 Å². The number of nitrogens with zero attached hydrogens (tertiary/aromatic N) is 2. The molecular weight excluding hydrogens is 434 g/mol. The zero-order chi connectivity index (χ0) is 24.3. The number of amides is 1. The van der Waals surface area contributed by atoms with Gasteiger partial charge in [-0.15, -0.1) is 0 Å². The molecule has 1 heterocycles. The number of nitro groups is 1. The average molecular weight is 464 g/mol. The minimum absolute atomic E-state index is 0.247. The van der Waals surface area contributed by atoms with E-state index in [9.17, 15) is 14.9 Å². The summed E-state index contributed by atoms with van der Waals surface area (Å²) in [6.07, 6.45) is 2.09. The van der Waals surface area contributed by atoms with Crippen molar-refractivity contribution in [2.24, 2.45) is 0 Å². The van der Waals surface area contributed by atoms with Gasteiger partial charge >= 0.3 is 0 Å². The molecule has 9 heteroatoms. The van der Waals surface area contributed by atoms with E-state index in [1.165, 1.54) is 6.20 Å². The van der Waals surface area contributed by atoms with Crippen molar-refractivity contribution in [3.63, 3.8) is 0 Å². The number of pyridine rings is 1. The predicted molar refractivity (Wildman–Crippen MR) is 131 cm³/mol. The molecule has 0 aliphatic heterocycles. The van der Waals surface area contributed by atoms with Crippen molar-refractivity contribution >= 4 is 17.4 Å². The minimum Gasteiger partial charge on any atom is -0.384 e. The molecule has 1 amide bonds. The van der Waals surface area contributed by atoms with Gasteiger partial charge in [0.15, 0.2) is 0 Å². The fourth-order valence-corrected chi connectivity index (χ4v) is 3.25. The van der Waals surface area contributed by atoms with E-state index in [1.54, 1.807) is 31.2 Å². The van der Waals surface area contributed by atoms with Crippen molar-refractivity contribution in [1.82, 2.24) is 10.3 Å². The zero-order valence-electron chi connectivity index (χ0n) is 19.0. The van der Waals surface area contributed by atoms with Gasteiger partial charge < -0.3 is 15.8 Å². The Bertz CT molecular complexity index is 1080. The molecule has 0 bridgehead atoms. The highest BCUT2D eigenvalue weighted by atomic mass is 16.6. The van der Waals surface area contributed by atoms with Crippen LogP contribution in [0.2, 0.25) is 0 Å². The van der Waals surface area contributed by atoms with Crippen molar-refractivity contribution in [3.05, 3.63) is 99.7 Å². The van der Waals surface area contributed by atoms with Gasteiger partial charge in [0.25, 0.3) is 5.91 Å². The van der Waals surface area contributed by atoms with E-state index in [-0.39, 0.29) is 17.1 Å². The van der Waals surface area contributed by atoms with Crippen LogP contribution in [0.4, 0.5) is 11.5 Å². The first kappa shape index (κ1) is 24.8. The van der Waals surface area contributed by atoms with E-state index >= 15 is 0 Å². The van der Waals surface area contributed by atoms with E-state index in [0.29, 0.717) is 43.1 Å². The summed E-state index contributed by atoms with van der Waals surface area (Å²) in [5, 5.41) is 17.1. The molecule has 3 aromatic rings. The Balaban J connectivity index is 1.56. The molecule has 1 aromatic heterocycles. The number of nitrogens with two attached hydrogens (primary N) is 1. The molecule has 2 aromatic carbocycles. The third-order valence-corrected chi connectivity index (χ3v) is 5.29. The number of carbonyl (C=O) groups is 1. The molecule has 0 saturated carbocycles. The number of hydrogen-bond donors (Lipinski definition) is 3. The third-order valence-electron chi connectivity index (χ3n) is 5.29. The van der Waals surface area contributed by atoms with Crippen molar-refractivity contribution in [2.45, 2.75) is 45.2 Å². The van der Waals surface area contributed by atoms with Crippen LogP contribution in [-0.2, 0) is 17.9 Å². The number of nitrogens with one attached hydrogen (secondary N) is 2. The summed E-state index contributed by atoms with van der Waals surface area (Å²) < 4.78 is 6.00. The monoisotopic (exact) mass is 463 g/mol. The van der Waals surface area contributed by atoms with Crippen LogP contribution in [0.1, 0.15) is 41.3 Å². The van der Waals surface area contributed by atoms with Crippen LogP contribution in [0, 0.1) is 10.1 Å². The summed E-state index contributed by atoms with van der Waals surface area (Å²) in [5.41, 5.74) is 8.72. The van der Waals surface area contributed by atoms with E-state index in [2.05, 4.69) is 15.6 Å². The fourth-order valence-electron chi connectivity index (χ4n) is 3.25. The molecule has 0 spiro atoms. The summed E-state index contributed by atoms with van der Waals surface area (Å²) in [5.74, 6) is 0.0822. The van der Waals surface area contributed by atoms with Crippen LogP contribution in [0.25, 0.3) is 0 Å². The van der Waals surface area contributed by atoms with Gasteiger partial charge in [-0.1, -0.05) is 42.5 Å². The Morgan fingerprint density at radius 1 is 1.09 bits per heavy atom. The highest BCUT2D eigenvalue weighted by Crippen LogP contribution is 2.13. The Kier molecular flexibility index (Phi) is 9.07. The number of aromatic nitrogens is 1. The summed E-state index contributed by atoms with van der Waals surface area (Å²) in [6.45, 7) is 2.50. The van der Waals surface area contributed by atoms with Gasteiger partial charge in [-0.05, 0) is 35.7 Å². The van der Waals surface area contributed by atoms with Crippen LogP contribution in [0.15, 0.2) is 72.9 Å². The van der Waals surface area contributed by atoms with Gasteiger partial charge in [-0.2, -0.15) is 0 Å². The summed E-state index contributed by atoms with van der Waals surface area (Å²) >= 11 is 0. The second-order valence-electron chi connectivity index (χ2n) is 8.00. The zero-order valence-corrected chi connectivity index (χ0v) is 19.0. The summed E-state index contributed by atoms with van der Waals surface area (Å²) in [4.78, 5) is 27.1. The lowest BCUT2D eigenvalue weighted by Crippen LogP contribution is -2.33. The highest BCUT2D eigenvalue weighted by molar-refractivity contribution is 6.04. The SMILES string of the molecule is CC(CCC(NCc1ccc(C(=O)Nc2ccnc(N)c2)cc1)OCc1ccccc1)[N+](=O)[O-]. The Hall–Kier alpha value is -3.82. The van der Waals surface area contributed by atoms with E-state index < -0.39 is 6.04 Å². The highest BCUT2D eigenvalue weighted by Gasteiger charge is 2.17. The first-order valence-corrected chi connectivity index (χ1v) is 11.0. The third kappa shape index (κ3) is 7.95. The number of rotatable bonds is 12. The number of hydrogen-bond acceptors (Lipinski definition) is 7. The molecule has 34 heavy (non-hydrogen) atoms. The molecule has 4 N–H and O–H groups in total. The molecule has 178 valence electrons. The maximum atomic E-state index is 12.5. The topological polar surface area (TPSA) is 132 Å². The van der Waals surface area contributed by atoms with Gasteiger partial charge in [0, 0.05) is 48.3 Å². The van der Waals surface area contributed by atoms with Crippen LogP contribution in [0.5, 0.6) is 0 Å². The standard InChI is InChI=1S/C25H29N5O4/c1-18(30(32)33)7-12-24(34-17-20-5-3-2-4-6-20)28-16-19-8-10-21(11-9-19)25(31)29-22-13-14-27-23(26)15-22/h2-6,8-11,13-15,18,24,28H,7,12,16-17H2,1H3,(H3,26,27,29,31). The first-order valence-electron chi connectivity index (χ1n) is 11.0. The lowest BCUT2D eigenvalue weighted by atomic mass is 10.1. The Morgan fingerprint density at radius 2 is 1.82 bits per heavy atom. The van der Waals surface area contributed by atoms with E-state index in [0.717, 1.165) is 11.1 Å². The molecule has 0 radical (unpaired) electrons. The molecule has 2 atom stereocenters. The number of benzene rings is 2. The van der Waals surface area contributed by atoms with Crippen molar-refractivity contribution in [3.8, 4) is 0 Å². The average Bonchev–Trinajstić information content (AvgIpc) is 2.84. The summed E-state index contributed by atoms with van der Waals surface area (Å²) in [6, 6.07) is 19.6. The van der Waals surface area contributed by atoms with Crippen LogP contribution in [0.3, 0.4) is 0 Å². The van der Waals surface area contributed by atoms with Gasteiger partial charge in [-0.3, -0.25) is 20.2 Å². The molecule has 2 unspecified atom stereocenters. The van der Waals surface area contributed by atoms with Crippen molar-refractivity contribution in [1.29, 1.82) is 0 Å². The molecule has 0 fully saturated rings. The molecule has 3 rings (SSSR count). The molecule has 0 aliphatic rings. The number of anilines is 2. The van der Waals surface area contributed by atoms with Crippen LogP contribution in [-0.4, -0.2) is 28.1 Å². The maximum Gasteiger partial charge on any atom is 0.255 e.